The third-order valence-electron chi connectivity index (χ3n) is 5.94. The third-order valence-corrected chi connectivity index (χ3v) is 5.94. The summed E-state index contributed by atoms with van der Waals surface area (Å²) in [6.45, 7) is 6.41. The average molecular weight is 418 g/mol. The summed E-state index contributed by atoms with van der Waals surface area (Å²) in [5.41, 5.74) is 0.785. The van der Waals surface area contributed by atoms with E-state index in [0.29, 0.717) is 30.5 Å². The molecule has 2 aliphatic rings. The molecule has 0 radical (unpaired) electrons. The van der Waals surface area contributed by atoms with Crippen molar-refractivity contribution in [3.8, 4) is 0 Å². The van der Waals surface area contributed by atoms with Gasteiger partial charge in [0.15, 0.2) is 5.65 Å². The number of halogens is 3. The maximum absolute atomic E-state index is 13.1. The van der Waals surface area contributed by atoms with Gasteiger partial charge in [-0.1, -0.05) is 6.92 Å². The summed E-state index contributed by atoms with van der Waals surface area (Å²) < 4.78 is 39.2. The second-order valence-corrected chi connectivity index (χ2v) is 8.15. The zero-order valence-corrected chi connectivity index (χ0v) is 16.7. The van der Waals surface area contributed by atoms with Gasteiger partial charge in [-0.25, -0.2) is 15.0 Å². The van der Waals surface area contributed by atoms with E-state index < -0.39 is 11.9 Å². The Balaban J connectivity index is 1.30. The van der Waals surface area contributed by atoms with Crippen molar-refractivity contribution in [2.24, 2.45) is 5.41 Å². The molecule has 0 atom stereocenters. The van der Waals surface area contributed by atoms with Crippen LogP contribution in [-0.4, -0.2) is 56.3 Å². The van der Waals surface area contributed by atoms with Crippen molar-refractivity contribution in [3.63, 3.8) is 0 Å². The van der Waals surface area contributed by atoms with Crippen LogP contribution >= 0.6 is 0 Å². The van der Waals surface area contributed by atoms with Gasteiger partial charge >= 0.3 is 6.18 Å². The van der Waals surface area contributed by atoms with E-state index in [0.717, 1.165) is 43.1 Å². The van der Waals surface area contributed by atoms with E-state index in [1.807, 2.05) is 11.8 Å². The minimum Gasteiger partial charge on any atom is -0.355 e. The average Bonchev–Trinajstić information content (AvgIpc) is 3.29. The summed E-state index contributed by atoms with van der Waals surface area (Å²) in [5.74, 6) is 1.10. The molecule has 5 rings (SSSR count). The minimum absolute atomic E-state index is 0.00964. The van der Waals surface area contributed by atoms with Gasteiger partial charge in [-0.3, -0.25) is 5.10 Å². The molecule has 0 amide bonds. The van der Waals surface area contributed by atoms with Crippen LogP contribution in [0, 0.1) is 12.3 Å². The number of aryl methyl sites for hydroxylation is 2. The molecular formula is C19H21F3N8. The summed E-state index contributed by atoms with van der Waals surface area (Å²) >= 11 is 0. The van der Waals surface area contributed by atoms with Crippen LogP contribution in [0.5, 0.6) is 0 Å². The Hall–Kier alpha value is -2.98. The number of nitrogens with zero attached hydrogens (tertiary/aromatic N) is 7. The molecule has 0 saturated carbocycles. The lowest BCUT2D eigenvalue weighted by Gasteiger charge is -2.48. The molecule has 1 spiro atoms. The SMILES string of the molecule is CCc1[nH]nc2nc(N3CCC4(CN(c5cc(C(F)(F)F)nc(C)n5)C4)C3)ncc12. The van der Waals surface area contributed by atoms with E-state index in [2.05, 4.69) is 35.0 Å². The van der Waals surface area contributed by atoms with Crippen LogP contribution in [0.3, 0.4) is 0 Å². The molecule has 3 aromatic heterocycles. The van der Waals surface area contributed by atoms with E-state index in [1.165, 1.54) is 6.92 Å². The van der Waals surface area contributed by atoms with Gasteiger partial charge in [0, 0.05) is 49.6 Å². The summed E-state index contributed by atoms with van der Waals surface area (Å²) in [5, 5.41) is 8.19. The van der Waals surface area contributed by atoms with Crippen molar-refractivity contribution >= 4 is 22.8 Å². The predicted molar refractivity (Wildman–Crippen MR) is 104 cm³/mol. The first kappa shape index (κ1) is 19.0. The van der Waals surface area contributed by atoms with Crippen LogP contribution < -0.4 is 9.80 Å². The molecule has 0 aromatic carbocycles. The summed E-state index contributed by atoms with van der Waals surface area (Å²) in [6.07, 6.45) is -0.905. The predicted octanol–water partition coefficient (Wildman–Crippen LogP) is 2.75. The Bertz CT molecular complexity index is 1100. The Morgan fingerprint density at radius 1 is 1.13 bits per heavy atom. The molecule has 5 heterocycles. The molecule has 2 saturated heterocycles. The van der Waals surface area contributed by atoms with E-state index in [9.17, 15) is 13.2 Å². The van der Waals surface area contributed by atoms with Gasteiger partial charge in [-0.05, 0) is 19.8 Å². The van der Waals surface area contributed by atoms with Gasteiger partial charge in [0.2, 0.25) is 5.95 Å². The van der Waals surface area contributed by atoms with E-state index in [4.69, 9.17) is 0 Å². The molecule has 0 unspecified atom stereocenters. The zero-order valence-electron chi connectivity index (χ0n) is 16.7. The van der Waals surface area contributed by atoms with Crippen LogP contribution in [0.2, 0.25) is 0 Å². The number of fused-ring (bicyclic) bond motifs is 1. The van der Waals surface area contributed by atoms with Crippen molar-refractivity contribution in [1.82, 2.24) is 30.1 Å². The Kier molecular flexibility index (Phi) is 4.13. The van der Waals surface area contributed by atoms with Crippen LogP contribution in [0.1, 0.15) is 30.6 Å². The Labute approximate surface area is 170 Å². The van der Waals surface area contributed by atoms with Crippen molar-refractivity contribution < 1.29 is 13.2 Å². The molecule has 2 aliphatic heterocycles. The molecule has 158 valence electrons. The molecular weight excluding hydrogens is 397 g/mol. The highest BCUT2D eigenvalue weighted by Gasteiger charge is 2.49. The number of anilines is 2. The molecule has 0 bridgehead atoms. The Morgan fingerprint density at radius 2 is 1.90 bits per heavy atom. The second kappa shape index (κ2) is 6.51. The highest BCUT2D eigenvalue weighted by atomic mass is 19.4. The molecule has 0 aliphatic carbocycles. The van der Waals surface area contributed by atoms with Gasteiger partial charge in [0.1, 0.15) is 17.3 Å². The molecule has 30 heavy (non-hydrogen) atoms. The number of alkyl halides is 3. The number of hydrogen-bond acceptors (Lipinski definition) is 7. The fourth-order valence-corrected chi connectivity index (χ4v) is 4.41. The normalized spacial score (nSPS) is 18.4. The third kappa shape index (κ3) is 3.12. The second-order valence-electron chi connectivity index (χ2n) is 8.15. The van der Waals surface area contributed by atoms with Gasteiger partial charge < -0.3 is 9.80 Å². The van der Waals surface area contributed by atoms with E-state index in [-0.39, 0.29) is 11.2 Å². The highest BCUT2D eigenvalue weighted by molar-refractivity contribution is 5.77. The lowest BCUT2D eigenvalue weighted by molar-refractivity contribution is -0.141. The molecule has 2 fully saturated rings. The van der Waals surface area contributed by atoms with Crippen LogP contribution in [0.4, 0.5) is 24.9 Å². The van der Waals surface area contributed by atoms with E-state index >= 15 is 0 Å². The molecule has 8 nitrogen and oxygen atoms in total. The standard InChI is InChI=1S/C19H21F3N8/c1-3-13-12-7-23-17(26-16(12)28-27-13)29-5-4-18(8-29)9-30(10-18)15-6-14(19(20,21)22)24-11(2)25-15/h6-7H,3-5,8-10H2,1-2H3,(H,23,26,27,28). The topological polar surface area (TPSA) is 86.7 Å². The number of nitrogens with one attached hydrogen (secondary N) is 1. The van der Waals surface area contributed by atoms with Crippen molar-refractivity contribution in [3.05, 3.63) is 29.5 Å². The first-order valence-electron chi connectivity index (χ1n) is 9.89. The fourth-order valence-electron chi connectivity index (χ4n) is 4.41. The van der Waals surface area contributed by atoms with Crippen molar-refractivity contribution in [2.75, 3.05) is 36.0 Å². The largest absolute Gasteiger partial charge is 0.433 e. The van der Waals surface area contributed by atoms with Gasteiger partial charge in [-0.15, -0.1) is 0 Å². The number of aromatic amines is 1. The molecule has 1 N–H and O–H groups in total. The quantitative estimate of drug-likeness (QED) is 0.700. The smallest absolute Gasteiger partial charge is 0.355 e. The first-order valence-corrected chi connectivity index (χ1v) is 9.89. The highest BCUT2D eigenvalue weighted by Crippen LogP contribution is 2.43. The number of aromatic nitrogens is 6. The van der Waals surface area contributed by atoms with Gasteiger partial charge in [0.05, 0.1) is 5.39 Å². The molecule has 3 aromatic rings. The molecule has 11 heteroatoms. The fraction of sp³-hybridized carbons (Fsp3) is 0.526. The maximum atomic E-state index is 13.1. The van der Waals surface area contributed by atoms with Crippen molar-refractivity contribution in [1.29, 1.82) is 0 Å². The van der Waals surface area contributed by atoms with Gasteiger partial charge in [0.25, 0.3) is 0 Å². The Morgan fingerprint density at radius 3 is 2.63 bits per heavy atom. The minimum atomic E-state index is -4.48. The monoisotopic (exact) mass is 418 g/mol. The number of H-pyrrole nitrogens is 1. The van der Waals surface area contributed by atoms with Crippen LogP contribution in [0.25, 0.3) is 11.0 Å². The lowest BCUT2D eigenvalue weighted by atomic mass is 9.79. The zero-order chi connectivity index (χ0) is 21.1. The summed E-state index contributed by atoms with van der Waals surface area (Å²) in [7, 11) is 0. The number of hydrogen-bond donors (Lipinski definition) is 1. The summed E-state index contributed by atoms with van der Waals surface area (Å²) in [6, 6.07) is 1.03. The lowest BCUT2D eigenvalue weighted by Crippen LogP contribution is -2.58. The number of rotatable bonds is 3. The van der Waals surface area contributed by atoms with Crippen LogP contribution in [0.15, 0.2) is 12.3 Å². The van der Waals surface area contributed by atoms with Crippen molar-refractivity contribution in [2.45, 2.75) is 32.9 Å². The summed E-state index contributed by atoms with van der Waals surface area (Å²) in [4.78, 5) is 20.9. The maximum Gasteiger partial charge on any atom is 0.433 e. The first-order chi connectivity index (χ1) is 14.3. The van der Waals surface area contributed by atoms with E-state index in [1.54, 1.807) is 6.20 Å². The van der Waals surface area contributed by atoms with Crippen LogP contribution in [-0.2, 0) is 12.6 Å². The van der Waals surface area contributed by atoms with Gasteiger partial charge in [-0.2, -0.15) is 23.3 Å².